The minimum absolute atomic E-state index is 0.341. The number of hydrogen-bond acceptors (Lipinski definition) is 1. The third-order valence-corrected chi connectivity index (χ3v) is 5.29. The van der Waals surface area contributed by atoms with Gasteiger partial charge in [0.2, 0.25) is 0 Å². The van der Waals surface area contributed by atoms with E-state index in [4.69, 9.17) is 12.6 Å². The first-order valence-electron chi connectivity index (χ1n) is 6.05. The molecule has 0 heterocycles. The summed E-state index contributed by atoms with van der Waals surface area (Å²) in [6.45, 7) is 9.59. The molecule has 0 bridgehead atoms. The molecule has 0 saturated heterocycles. The topological polar surface area (TPSA) is 0 Å². The standard InChI is InChI=1S/C13H24S/c1-9(2)12(3)5-10-7-13(4,14)8-11(10)6-12/h9-11,14H,5-8H2,1-4H3. The van der Waals surface area contributed by atoms with Gasteiger partial charge >= 0.3 is 0 Å². The van der Waals surface area contributed by atoms with E-state index in [1.54, 1.807) is 0 Å². The Morgan fingerprint density at radius 1 is 1.00 bits per heavy atom. The van der Waals surface area contributed by atoms with Gasteiger partial charge in [0.05, 0.1) is 0 Å². The highest BCUT2D eigenvalue weighted by atomic mass is 32.1. The molecule has 2 fully saturated rings. The predicted molar refractivity (Wildman–Crippen MR) is 65.8 cm³/mol. The molecule has 0 aromatic rings. The van der Waals surface area contributed by atoms with E-state index in [9.17, 15) is 0 Å². The van der Waals surface area contributed by atoms with Crippen molar-refractivity contribution < 1.29 is 0 Å². The van der Waals surface area contributed by atoms with Gasteiger partial charge in [0.1, 0.15) is 0 Å². The molecular weight excluding hydrogens is 188 g/mol. The van der Waals surface area contributed by atoms with E-state index >= 15 is 0 Å². The second-order valence-electron chi connectivity index (χ2n) is 6.64. The van der Waals surface area contributed by atoms with E-state index in [-0.39, 0.29) is 0 Å². The summed E-state index contributed by atoms with van der Waals surface area (Å²) in [6.07, 6.45) is 5.60. The highest BCUT2D eigenvalue weighted by Gasteiger charge is 2.50. The first kappa shape index (κ1) is 10.9. The fraction of sp³-hybridized carbons (Fsp3) is 1.00. The number of hydrogen-bond donors (Lipinski definition) is 1. The van der Waals surface area contributed by atoms with E-state index in [1.165, 1.54) is 25.7 Å². The highest BCUT2D eigenvalue weighted by molar-refractivity contribution is 7.81. The molecule has 1 heteroatoms. The van der Waals surface area contributed by atoms with Crippen LogP contribution in [-0.4, -0.2) is 4.75 Å². The van der Waals surface area contributed by atoms with Crippen LogP contribution in [0.3, 0.4) is 0 Å². The smallest absolute Gasteiger partial charge is 0.0107 e. The van der Waals surface area contributed by atoms with Crippen molar-refractivity contribution in [3.8, 4) is 0 Å². The fourth-order valence-corrected chi connectivity index (χ4v) is 4.25. The lowest BCUT2D eigenvalue weighted by Gasteiger charge is -2.31. The zero-order chi connectivity index (χ0) is 10.6. The molecule has 0 aromatic carbocycles. The van der Waals surface area contributed by atoms with Crippen LogP contribution >= 0.6 is 12.6 Å². The molecule has 2 saturated carbocycles. The molecule has 0 aliphatic heterocycles. The second-order valence-corrected chi connectivity index (χ2v) is 7.72. The number of rotatable bonds is 1. The van der Waals surface area contributed by atoms with Gasteiger partial charge in [-0.1, -0.05) is 27.7 Å². The summed E-state index contributed by atoms with van der Waals surface area (Å²) < 4.78 is 0.341. The minimum atomic E-state index is 0.341. The van der Waals surface area contributed by atoms with E-state index < -0.39 is 0 Å². The molecule has 2 rings (SSSR count). The maximum absolute atomic E-state index is 4.76. The summed E-state index contributed by atoms with van der Waals surface area (Å²) >= 11 is 4.76. The van der Waals surface area contributed by atoms with Crippen LogP contribution in [0.15, 0.2) is 0 Å². The molecule has 0 radical (unpaired) electrons. The Kier molecular flexibility index (Phi) is 2.46. The Balaban J connectivity index is 2.07. The molecular formula is C13H24S. The molecule has 2 aliphatic carbocycles. The van der Waals surface area contributed by atoms with Gasteiger partial charge in [0.15, 0.2) is 0 Å². The molecule has 2 unspecified atom stereocenters. The van der Waals surface area contributed by atoms with Crippen molar-refractivity contribution in [2.24, 2.45) is 23.2 Å². The van der Waals surface area contributed by atoms with Gasteiger partial charge in [-0.15, -0.1) is 0 Å². The SMILES string of the molecule is CC(C)C1(C)CC2CC(C)(S)CC2C1. The zero-order valence-corrected chi connectivity index (χ0v) is 10.9. The maximum Gasteiger partial charge on any atom is 0.0107 e. The third kappa shape index (κ3) is 1.73. The fourth-order valence-electron chi connectivity index (χ4n) is 3.78. The Morgan fingerprint density at radius 2 is 1.43 bits per heavy atom. The van der Waals surface area contributed by atoms with Crippen LogP contribution in [0.1, 0.15) is 53.4 Å². The highest BCUT2D eigenvalue weighted by Crippen LogP contribution is 2.59. The van der Waals surface area contributed by atoms with E-state index in [2.05, 4.69) is 27.7 Å². The molecule has 0 N–H and O–H groups in total. The summed E-state index contributed by atoms with van der Waals surface area (Å²) in [4.78, 5) is 0. The van der Waals surface area contributed by atoms with E-state index in [0.29, 0.717) is 10.2 Å². The lowest BCUT2D eigenvalue weighted by molar-refractivity contribution is 0.205. The van der Waals surface area contributed by atoms with Gasteiger partial charge in [-0.25, -0.2) is 0 Å². The molecule has 0 nitrogen and oxygen atoms in total. The minimum Gasteiger partial charge on any atom is -0.173 e. The predicted octanol–water partition coefficient (Wildman–Crippen LogP) is 4.16. The summed E-state index contributed by atoms with van der Waals surface area (Å²) in [5.74, 6) is 2.80. The molecule has 82 valence electrons. The van der Waals surface area contributed by atoms with E-state index in [0.717, 1.165) is 17.8 Å². The zero-order valence-electron chi connectivity index (χ0n) is 10.0. The van der Waals surface area contributed by atoms with Crippen LogP contribution in [0.2, 0.25) is 0 Å². The van der Waals surface area contributed by atoms with Crippen LogP contribution in [-0.2, 0) is 0 Å². The van der Waals surface area contributed by atoms with Gasteiger partial charge in [-0.3, -0.25) is 0 Å². The lowest BCUT2D eigenvalue weighted by atomic mass is 9.75. The van der Waals surface area contributed by atoms with Gasteiger partial charge in [-0.05, 0) is 48.9 Å². The lowest BCUT2D eigenvalue weighted by Crippen LogP contribution is -2.22. The van der Waals surface area contributed by atoms with Crippen LogP contribution < -0.4 is 0 Å². The Bertz CT molecular complexity index is 213. The van der Waals surface area contributed by atoms with Crippen molar-refractivity contribution in [2.45, 2.75) is 58.1 Å². The number of fused-ring (bicyclic) bond motifs is 1. The van der Waals surface area contributed by atoms with Crippen molar-refractivity contribution in [1.29, 1.82) is 0 Å². The van der Waals surface area contributed by atoms with Gasteiger partial charge in [-0.2, -0.15) is 12.6 Å². The van der Waals surface area contributed by atoms with Crippen molar-refractivity contribution in [3.05, 3.63) is 0 Å². The normalized spacial score (nSPS) is 52.7. The molecule has 2 aliphatic rings. The maximum atomic E-state index is 4.76. The Labute approximate surface area is 94.3 Å². The van der Waals surface area contributed by atoms with Gasteiger partial charge < -0.3 is 0 Å². The molecule has 0 spiro atoms. The first-order valence-corrected chi connectivity index (χ1v) is 6.49. The van der Waals surface area contributed by atoms with Crippen molar-refractivity contribution in [3.63, 3.8) is 0 Å². The second kappa shape index (κ2) is 3.17. The largest absolute Gasteiger partial charge is 0.173 e. The van der Waals surface area contributed by atoms with Gasteiger partial charge in [0, 0.05) is 4.75 Å². The molecule has 2 atom stereocenters. The molecule has 0 aromatic heterocycles. The van der Waals surface area contributed by atoms with Gasteiger partial charge in [0.25, 0.3) is 0 Å². The molecule has 14 heavy (non-hydrogen) atoms. The van der Waals surface area contributed by atoms with Crippen molar-refractivity contribution in [2.75, 3.05) is 0 Å². The molecule has 0 amide bonds. The summed E-state index contributed by atoms with van der Waals surface area (Å²) in [5, 5.41) is 0. The number of thiol groups is 1. The third-order valence-electron chi connectivity index (χ3n) is 4.92. The van der Waals surface area contributed by atoms with Crippen LogP contribution in [0.25, 0.3) is 0 Å². The first-order chi connectivity index (χ1) is 6.32. The summed E-state index contributed by atoms with van der Waals surface area (Å²) in [5.41, 5.74) is 0.625. The summed E-state index contributed by atoms with van der Waals surface area (Å²) in [6, 6.07) is 0. The Hall–Kier alpha value is 0.350. The van der Waals surface area contributed by atoms with Crippen molar-refractivity contribution in [1.82, 2.24) is 0 Å². The van der Waals surface area contributed by atoms with Crippen molar-refractivity contribution >= 4 is 12.6 Å². The average molecular weight is 212 g/mol. The van der Waals surface area contributed by atoms with E-state index in [1.807, 2.05) is 0 Å². The van der Waals surface area contributed by atoms with Crippen LogP contribution in [0.4, 0.5) is 0 Å². The van der Waals surface area contributed by atoms with Crippen LogP contribution in [0, 0.1) is 23.2 Å². The quantitative estimate of drug-likeness (QED) is 0.620. The monoisotopic (exact) mass is 212 g/mol. The van der Waals surface area contributed by atoms with Crippen LogP contribution in [0.5, 0.6) is 0 Å². The average Bonchev–Trinajstić information content (AvgIpc) is 2.37. The Morgan fingerprint density at radius 3 is 1.79 bits per heavy atom. The summed E-state index contributed by atoms with van der Waals surface area (Å²) in [7, 11) is 0.